The van der Waals surface area contributed by atoms with E-state index < -0.39 is 0 Å². The van der Waals surface area contributed by atoms with Crippen molar-refractivity contribution in [2.45, 2.75) is 6.42 Å². The molecule has 1 aliphatic rings. The van der Waals surface area contributed by atoms with E-state index in [1.54, 1.807) is 17.2 Å². The van der Waals surface area contributed by atoms with Crippen LogP contribution >= 0.6 is 27.5 Å². The molecule has 1 saturated heterocycles. The average Bonchev–Trinajstić information content (AvgIpc) is 2.77. The molecule has 1 aromatic rings. The molecule has 1 aliphatic heterocycles. The molecule has 0 spiro atoms. The third-order valence-corrected chi connectivity index (χ3v) is 4.14. The molecule has 1 amide bonds. The van der Waals surface area contributed by atoms with Crippen LogP contribution in [-0.2, 0) is 0 Å². The number of hydrogen-bond donors (Lipinski definition) is 0. The lowest BCUT2D eigenvalue weighted by Gasteiger charge is -2.21. The maximum Gasteiger partial charge on any atom is 0.256 e. The topological polar surface area (TPSA) is 36.4 Å². The number of halogens is 2. The Labute approximate surface area is 126 Å². The minimum absolute atomic E-state index is 0.0756. The highest BCUT2D eigenvalue weighted by Crippen LogP contribution is 2.21. The summed E-state index contributed by atoms with van der Waals surface area (Å²) in [6, 6.07) is 1.72. The van der Waals surface area contributed by atoms with Crippen molar-refractivity contribution < 1.29 is 4.79 Å². The molecule has 1 aromatic heterocycles. The summed E-state index contributed by atoms with van der Waals surface area (Å²) in [4.78, 5) is 20.4. The van der Waals surface area contributed by atoms with Crippen molar-refractivity contribution in [3.63, 3.8) is 0 Å². The van der Waals surface area contributed by atoms with Gasteiger partial charge in [0.1, 0.15) is 5.15 Å². The Bertz CT molecular complexity index is 483. The number of pyridine rings is 1. The number of carbonyl (C=O) groups excluding carboxylic acids is 1. The van der Waals surface area contributed by atoms with Crippen LogP contribution in [0.1, 0.15) is 16.8 Å². The maximum absolute atomic E-state index is 12.4. The quantitative estimate of drug-likeness (QED) is 0.789. The molecule has 2 heterocycles. The van der Waals surface area contributed by atoms with Crippen LogP contribution in [0.25, 0.3) is 0 Å². The molecule has 0 aromatic carbocycles. The number of nitrogens with zero attached hydrogens (tertiary/aromatic N) is 3. The summed E-state index contributed by atoms with van der Waals surface area (Å²) in [6.45, 7) is 2.90. The van der Waals surface area contributed by atoms with Crippen molar-refractivity contribution in [3.8, 4) is 0 Å². The lowest BCUT2D eigenvalue weighted by molar-refractivity contribution is 0.0773. The molecule has 1 fully saturated rings. The fraction of sp³-hybridized carbons (Fsp3) is 0.538. The third kappa shape index (κ3) is 3.68. The van der Waals surface area contributed by atoms with Crippen LogP contribution in [0.5, 0.6) is 0 Å². The molecule has 2 rings (SSSR count). The predicted molar refractivity (Wildman–Crippen MR) is 79.5 cm³/mol. The van der Waals surface area contributed by atoms with E-state index in [-0.39, 0.29) is 11.1 Å². The molecule has 19 heavy (non-hydrogen) atoms. The lowest BCUT2D eigenvalue weighted by atomic mass is 10.1. The Morgan fingerprint density at radius 2 is 2.42 bits per heavy atom. The van der Waals surface area contributed by atoms with Crippen LogP contribution in [0.2, 0.25) is 5.15 Å². The van der Waals surface area contributed by atoms with Gasteiger partial charge < -0.3 is 9.80 Å². The van der Waals surface area contributed by atoms with E-state index in [4.69, 9.17) is 11.6 Å². The van der Waals surface area contributed by atoms with Gasteiger partial charge in [-0.1, -0.05) is 11.6 Å². The minimum Gasteiger partial charge on any atom is -0.341 e. The van der Waals surface area contributed by atoms with Gasteiger partial charge in [-0.25, -0.2) is 4.98 Å². The monoisotopic (exact) mass is 345 g/mol. The largest absolute Gasteiger partial charge is 0.341 e. The van der Waals surface area contributed by atoms with Gasteiger partial charge in [-0.2, -0.15) is 0 Å². The molecular formula is C13H17BrClN3O. The van der Waals surface area contributed by atoms with E-state index in [0.29, 0.717) is 11.5 Å². The number of aromatic nitrogens is 1. The molecule has 0 aliphatic carbocycles. The fourth-order valence-corrected chi connectivity index (χ4v) is 2.94. The molecule has 104 valence electrons. The van der Waals surface area contributed by atoms with Gasteiger partial charge in [0.05, 0.1) is 5.56 Å². The summed E-state index contributed by atoms with van der Waals surface area (Å²) in [5, 5.41) is 0.253. The van der Waals surface area contributed by atoms with Crippen LogP contribution in [0, 0.1) is 5.92 Å². The van der Waals surface area contributed by atoms with E-state index in [1.165, 1.54) is 0 Å². The molecular weight excluding hydrogens is 330 g/mol. The first-order chi connectivity index (χ1) is 8.97. The zero-order valence-electron chi connectivity index (χ0n) is 11.1. The van der Waals surface area contributed by atoms with Crippen molar-refractivity contribution in [1.29, 1.82) is 0 Å². The van der Waals surface area contributed by atoms with Gasteiger partial charge in [0.2, 0.25) is 0 Å². The molecule has 1 atom stereocenters. The Morgan fingerprint density at radius 1 is 1.68 bits per heavy atom. The highest BCUT2D eigenvalue weighted by Gasteiger charge is 2.24. The van der Waals surface area contributed by atoms with Crippen molar-refractivity contribution >= 4 is 33.4 Å². The smallest absolute Gasteiger partial charge is 0.256 e. The number of carbonyl (C=O) groups is 1. The SMILES string of the molecule is CN1CCC(CN(C)C(=O)c2cc(Br)cnc2Cl)C1. The molecule has 4 nitrogen and oxygen atoms in total. The average molecular weight is 347 g/mol. The summed E-state index contributed by atoms with van der Waals surface area (Å²) in [5.41, 5.74) is 0.449. The fourth-order valence-electron chi connectivity index (χ4n) is 2.42. The zero-order chi connectivity index (χ0) is 14.0. The summed E-state index contributed by atoms with van der Waals surface area (Å²) in [5.74, 6) is 0.464. The molecule has 0 bridgehead atoms. The normalized spacial score (nSPS) is 19.7. The Balaban J connectivity index is 2.04. The van der Waals surface area contributed by atoms with Gasteiger partial charge in [-0.15, -0.1) is 0 Å². The number of rotatable bonds is 3. The predicted octanol–water partition coefficient (Wildman–Crippen LogP) is 2.52. The molecule has 6 heteroatoms. The van der Waals surface area contributed by atoms with Gasteiger partial charge in [-0.05, 0) is 47.9 Å². The van der Waals surface area contributed by atoms with Crippen molar-refractivity contribution in [2.75, 3.05) is 33.7 Å². The summed E-state index contributed by atoms with van der Waals surface area (Å²) in [7, 11) is 3.93. The second kappa shape index (κ2) is 6.20. The molecule has 0 saturated carbocycles. The van der Waals surface area contributed by atoms with Crippen molar-refractivity contribution in [3.05, 3.63) is 27.5 Å². The summed E-state index contributed by atoms with van der Waals surface area (Å²) in [6.07, 6.45) is 2.73. The first-order valence-electron chi connectivity index (χ1n) is 6.22. The second-order valence-corrected chi connectivity index (χ2v) is 6.37. The maximum atomic E-state index is 12.4. The summed E-state index contributed by atoms with van der Waals surface area (Å²) < 4.78 is 0.759. The van der Waals surface area contributed by atoms with Crippen LogP contribution in [0.15, 0.2) is 16.7 Å². The first-order valence-corrected chi connectivity index (χ1v) is 7.39. The van der Waals surface area contributed by atoms with Crippen LogP contribution < -0.4 is 0 Å². The highest BCUT2D eigenvalue weighted by atomic mass is 79.9. The van der Waals surface area contributed by atoms with Crippen LogP contribution in [0.3, 0.4) is 0 Å². The number of likely N-dealkylation sites (tertiary alicyclic amines) is 1. The Hall–Kier alpha value is -0.650. The minimum atomic E-state index is -0.0756. The molecule has 1 unspecified atom stereocenters. The Kier molecular flexibility index (Phi) is 4.81. The van der Waals surface area contributed by atoms with E-state index in [2.05, 4.69) is 32.9 Å². The first kappa shape index (κ1) is 14.8. The van der Waals surface area contributed by atoms with E-state index in [9.17, 15) is 4.79 Å². The standard InChI is InChI=1S/C13H17BrClN3O/c1-17-4-3-9(7-17)8-18(2)13(19)11-5-10(14)6-16-12(11)15/h5-6,9H,3-4,7-8H2,1-2H3. The van der Waals surface area contributed by atoms with E-state index in [1.807, 2.05) is 7.05 Å². The Morgan fingerprint density at radius 3 is 3.05 bits per heavy atom. The van der Waals surface area contributed by atoms with Crippen LogP contribution in [-0.4, -0.2) is 54.4 Å². The zero-order valence-corrected chi connectivity index (χ0v) is 13.4. The molecule has 0 N–H and O–H groups in total. The summed E-state index contributed by atoms with van der Waals surface area (Å²) >= 11 is 9.30. The highest BCUT2D eigenvalue weighted by molar-refractivity contribution is 9.10. The van der Waals surface area contributed by atoms with Gasteiger partial charge in [0.25, 0.3) is 5.91 Å². The van der Waals surface area contributed by atoms with Gasteiger partial charge >= 0.3 is 0 Å². The second-order valence-electron chi connectivity index (χ2n) is 5.09. The van der Waals surface area contributed by atoms with Crippen molar-refractivity contribution in [2.24, 2.45) is 5.92 Å². The van der Waals surface area contributed by atoms with E-state index in [0.717, 1.165) is 30.5 Å². The number of hydrogen-bond acceptors (Lipinski definition) is 3. The number of amides is 1. The van der Waals surface area contributed by atoms with Gasteiger partial charge in [-0.3, -0.25) is 4.79 Å². The van der Waals surface area contributed by atoms with Gasteiger partial charge in [0.15, 0.2) is 0 Å². The van der Waals surface area contributed by atoms with Crippen molar-refractivity contribution in [1.82, 2.24) is 14.8 Å². The molecule has 0 radical (unpaired) electrons. The van der Waals surface area contributed by atoms with E-state index >= 15 is 0 Å². The third-order valence-electron chi connectivity index (χ3n) is 3.40. The van der Waals surface area contributed by atoms with Crippen LogP contribution in [0.4, 0.5) is 0 Å². The lowest BCUT2D eigenvalue weighted by Crippen LogP contribution is -2.33. The van der Waals surface area contributed by atoms with Gasteiger partial charge in [0, 0.05) is 30.8 Å².